The average Bonchev–Trinajstić information content (AvgIpc) is 2.38. The summed E-state index contributed by atoms with van der Waals surface area (Å²) in [7, 11) is 3.59. The Bertz CT molecular complexity index is 233. The molecule has 1 aliphatic rings. The fourth-order valence-corrected chi connectivity index (χ4v) is 2.78. The minimum Gasteiger partial charge on any atom is -0.469 e. The van der Waals surface area contributed by atoms with E-state index in [1.807, 2.05) is 0 Å². The number of rotatable bonds is 6. The van der Waals surface area contributed by atoms with E-state index >= 15 is 0 Å². The van der Waals surface area contributed by atoms with Crippen LogP contribution in [0.15, 0.2) is 0 Å². The zero-order valence-corrected chi connectivity index (χ0v) is 11.2. The lowest BCUT2D eigenvalue weighted by Crippen LogP contribution is -2.43. The van der Waals surface area contributed by atoms with Crippen LogP contribution >= 0.6 is 0 Å². The summed E-state index contributed by atoms with van der Waals surface area (Å²) < 4.78 is 4.64. The van der Waals surface area contributed by atoms with Crippen molar-refractivity contribution < 1.29 is 9.53 Å². The van der Waals surface area contributed by atoms with Gasteiger partial charge >= 0.3 is 5.97 Å². The van der Waals surface area contributed by atoms with E-state index < -0.39 is 0 Å². The number of carbonyl (C=O) groups excluding carboxylic acids is 1. The van der Waals surface area contributed by atoms with Gasteiger partial charge in [0.1, 0.15) is 0 Å². The zero-order chi connectivity index (χ0) is 12.7. The zero-order valence-electron chi connectivity index (χ0n) is 11.2. The van der Waals surface area contributed by atoms with Gasteiger partial charge < -0.3 is 15.4 Å². The molecular formula is C13H26N2O2. The molecule has 0 aliphatic heterocycles. The predicted octanol–water partition coefficient (Wildman–Crippen LogP) is 1.39. The highest BCUT2D eigenvalue weighted by Crippen LogP contribution is 2.27. The van der Waals surface area contributed by atoms with Crippen molar-refractivity contribution in [2.45, 2.75) is 44.6 Å². The van der Waals surface area contributed by atoms with Crippen LogP contribution in [-0.4, -0.2) is 44.2 Å². The Labute approximate surface area is 104 Å². The molecule has 1 fully saturated rings. The third-order valence-corrected chi connectivity index (χ3v) is 3.86. The molecule has 0 radical (unpaired) electrons. The summed E-state index contributed by atoms with van der Waals surface area (Å²) in [6.07, 6.45) is 6.51. The quantitative estimate of drug-likeness (QED) is 0.715. The van der Waals surface area contributed by atoms with Crippen molar-refractivity contribution >= 4 is 5.97 Å². The van der Waals surface area contributed by atoms with Crippen molar-refractivity contribution in [3.05, 3.63) is 0 Å². The third-order valence-electron chi connectivity index (χ3n) is 3.86. The molecule has 0 amide bonds. The minimum atomic E-state index is -0.114. The molecule has 0 heterocycles. The van der Waals surface area contributed by atoms with Crippen molar-refractivity contribution in [1.29, 1.82) is 0 Å². The fourth-order valence-electron chi connectivity index (χ4n) is 2.78. The molecule has 4 nitrogen and oxygen atoms in total. The van der Waals surface area contributed by atoms with E-state index in [0.717, 1.165) is 19.5 Å². The molecule has 1 rings (SSSR count). The first-order valence-corrected chi connectivity index (χ1v) is 6.66. The van der Waals surface area contributed by atoms with E-state index in [1.54, 1.807) is 0 Å². The number of methoxy groups -OCH3 is 1. The molecule has 2 N–H and O–H groups in total. The second-order valence-electron chi connectivity index (χ2n) is 5.01. The molecule has 4 heteroatoms. The molecule has 0 saturated heterocycles. The molecular weight excluding hydrogens is 216 g/mol. The van der Waals surface area contributed by atoms with Crippen molar-refractivity contribution in [2.75, 3.05) is 27.2 Å². The Morgan fingerprint density at radius 1 is 1.41 bits per heavy atom. The normalized spacial score (nSPS) is 24.9. The molecule has 0 aromatic rings. The number of hydrogen-bond acceptors (Lipinski definition) is 4. The lowest BCUT2D eigenvalue weighted by atomic mass is 9.83. The molecule has 17 heavy (non-hydrogen) atoms. The van der Waals surface area contributed by atoms with Gasteiger partial charge in [0, 0.05) is 12.5 Å². The maximum absolute atomic E-state index is 11.0. The molecule has 2 atom stereocenters. The van der Waals surface area contributed by atoms with Crippen LogP contribution in [0.1, 0.15) is 38.5 Å². The lowest BCUT2D eigenvalue weighted by Gasteiger charge is -2.37. The number of nitrogens with two attached hydrogens (primary N) is 1. The van der Waals surface area contributed by atoms with Crippen LogP contribution in [0.4, 0.5) is 0 Å². The number of esters is 1. The maximum Gasteiger partial charge on any atom is 0.305 e. The van der Waals surface area contributed by atoms with E-state index in [4.69, 9.17) is 5.73 Å². The largest absolute Gasteiger partial charge is 0.469 e. The first-order chi connectivity index (χ1) is 8.19. The van der Waals surface area contributed by atoms with Crippen LogP contribution in [0.3, 0.4) is 0 Å². The van der Waals surface area contributed by atoms with Gasteiger partial charge in [-0.25, -0.2) is 0 Å². The van der Waals surface area contributed by atoms with Crippen molar-refractivity contribution in [3.8, 4) is 0 Å². The van der Waals surface area contributed by atoms with E-state index in [9.17, 15) is 4.79 Å². The van der Waals surface area contributed by atoms with Gasteiger partial charge in [-0.2, -0.15) is 0 Å². The van der Waals surface area contributed by atoms with Crippen LogP contribution in [0, 0.1) is 5.92 Å². The molecule has 0 aromatic carbocycles. The summed E-state index contributed by atoms with van der Waals surface area (Å²) >= 11 is 0. The smallest absolute Gasteiger partial charge is 0.305 e. The van der Waals surface area contributed by atoms with Crippen LogP contribution in [-0.2, 0) is 9.53 Å². The van der Waals surface area contributed by atoms with Crippen molar-refractivity contribution in [3.63, 3.8) is 0 Å². The second-order valence-corrected chi connectivity index (χ2v) is 5.01. The Morgan fingerprint density at radius 3 is 2.76 bits per heavy atom. The van der Waals surface area contributed by atoms with Gasteiger partial charge in [-0.3, -0.25) is 4.79 Å². The third kappa shape index (κ3) is 4.64. The van der Waals surface area contributed by atoms with E-state index in [2.05, 4.69) is 16.7 Å². The van der Waals surface area contributed by atoms with Gasteiger partial charge in [-0.1, -0.05) is 12.8 Å². The molecule has 100 valence electrons. The molecule has 0 aromatic heterocycles. The van der Waals surface area contributed by atoms with Crippen LogP contribution in [0.25, 0.3) is 0 Å². The predicted molar refractivity (Wildman–Crippen MR) is 68.7 cm³/mol. The maximum atomic E-state index is 11.0. The standard InChI is InChI=1S/C13H26N2O2/c1-15(9-5-8-13(16)17-2)12-7-4-3-6-11(12)10-14/h11-12H,3-10,14H2,1-2H3. The fraction of sp³-hybridized carbons (Fsp3) is 0.923. The SMILES string of the molecule is COC(=O)CCCN(C)C1CCCCC1CN. The summed E-state index contributed by atoms with van der Waals surface area (Å²) in [6, 6.07) is 0.603. The van der Waals surface area contributed by atoms with E-state index in [0.29, 0.717) is 18.4 Å². The number of carbonyl (C=O) groups is 1. The van der Waals surface area contributed by atoms with E-state index in [-0.39, 0.29) is 5.97 Å². The van der Waals surface area contributed by atoms with E-state index in [1.165, 1.54) is 32.8 Å². The summed E-state index contributed by atoms with van der Waals surface area (Å²) in [5.74, 6) is 0.518. The molecule has 2 unspecified atom stereocenters. The average molecular weight is 242 g/mol. The highest BCUT2D eigenvalue weighted by atomic mass is 16.5. The number of nitrogens with zero attached hydrogens (tertiary/aromatic N) is 1. The van der Waals surface area contributed by atoms with Gasteiger partial charge in [-0.15, -0.1) is 0 Å². The number of ether oxygens (including phenoxy) is 1. The van der Waals surface area contributed by atoms with Gasteiger partial charge in [0.05, 0.1) is 7.11 Å². The first-order valence-electron chi connectivity index (χ1n) is 6.66. The van der Waals surface area contributed by atoms with Crippen LogP contribution in [0.2, 0.25) is 0 Å². The Balaban J connectivity index is 2.29. The highest BCUT2D eigenvalue weighted by Gasteiger charge is 2.26. The summed E-state index contributed by atoms with van der Waals surface area (Å²) in [5.41, 5.74) is 5.83. The lowest BCUT2D eigenvalue weighted by molar-refractivity contribution is -0.140. The summed E-state index contributed by atoms with van der Waals surface area (Å²) in [4.78, 5) is 13.4. The first kappa shape index (κ1) is 14.5. The monoisotopic (exact) mass is 242 g/mol. The molecule has 1 aliphatic carbocycles. The van der Waals surface area contributed by atoms with Gasteiger partial charge in [0.15, 0.2) is 0 Å². The Kier molecular flexibility index (Phi) is 6.52. The molecule has 0 bridgehead atoms. The van der Waals surface area contributed by atoms with Gasteiger partial charge in [-0.05, 0) is 45.3 Å². The number of hydrogen-bond donors (Lipinski definition) is 1. The molecule has 1 saturated carbocycles. The Hall–Kier alpha value is -0.610. The second kappa shape index (κ2) is 7.67. The van der Waals surface area contributed by atoms with Crippen molar-refractivity contribution in [1.82, 2.24) is 4.90 Å². The van der Waals surface area contributed by atoms with Gasteiger partial charge in [0.2, 0.25) is 0 Å². The van der Waals surface area contributed by atoms with Gasteiger partial charge in [0.25, 0.3) is 0 Å². The van der Waals surface area contributed by atoms with Crippen LogP contribution < -0.4 is 5.73 Å². The van der Waals surface area contributed by atoms with Crippen molar-refractivity contribution in [2.24, 2.45) is 11.7 Å². The molecule has 0 spiro atoms. The summed E-state index contributed by atoms with van der Waals surface area (Å²) in [5, 5.41) is 0. The Morgan fingerprint density at radius 2 is 2.12 bits per heavy atom. The summed E-state index contributed by atoms with van der Waals surface area (Å²) in [6.45, 7) is 1.74. The highest BCUT2D eigenvalue weighted by molar-refractivity contribution is 5.69. The van der Waals surface area contributed by atoms with Crippen LogP contribution in [0.5, 0.6) is 0 Å². The minimum absolute atomic E-state index is 0.114. The topological polar surface area (TPSA) is 55.6 Å².